The van der Waals surface area contributed by atoms with E-state index in [9.17, 15) is 14.4 Å². The first kappa shape index (κ1) is 22.5. The fourth-order valence-corrected chi connectivity index (χ4v) is 2.98. The number of hydrogen-bond donors (Lipinski definition) is 0. The van der Waals surface area contributed by atoms with E-state index >= 15 is 0 Å². The number of carbonyl (C=O) groups is 3. The topological polar surface area (TPSA) is 51.2 Å². The van der Waals surface area contributed by atoms with Gasteiger partial charge in [-0.1, -0.05) is 39.0 Å². The summed E-state index contributed by atoms with van der Waals surface area (Å²) in [4.78, 5) is 38.3. The van der Waals surface area contributed by atoms with Crippen LogP contribution in [0.15, 0.2) is 56.2 Å². The summed E-state index contributed by atoms with van der Waals surface area (Å²) in [6, 6.07) is 4.83. The number of Topliss-reactive ketones (excluding diaryl/α,β-unsaturated/α-hetero) is 3. The number of ketones is 3. The highest BCUT2D eigenvalue weighted by molar-refractivity contribution is 6.07. The van der Waals surface area contributed by atoms with E-state index in [4.69, 9.17) is 0 Å². The monoisotopic (exact) mass is 366 g/mol. The Morgan fingerprint density at radius 2 is 0.889 bits per heavy atom. The van der Waals surface area contributed by atoms with Crippen LogP contribution >= 0.6 is 0 Å². The number of allylic oxidation sites excluding steroid dienone is 3. The SMILES string of the molecule is C=CCC(C)C(=O)c1cc(C(=O)C(C)CC=C)cc(C(=O)C(C)CC=C)c1. The molecule has 0 N–H and O–H groups in total. The van der Waals surface area contributed by atoms with E-state index in [0.29, 0.717) is 36.0 Å². The second kappa shape index (κ2) is 10.6. The van der Waals surface area contributed by atoms with Crippen molar-refractivity contribution < 1.29 is 14.4 Å². The average molecular weight is 367 g/mol. The first-order valence-corrected chi connectivity index (χ1v) is 9.37. The van der Waals surface area contributed by atoms with E-state index in [-0.39, 0.29) is 35.1 Å². The van der Waals surface area contributed by atoms with Crippen molar-refractivity contribution in [1.29, 1.82) is 0 Å². The van der Waals surface area contributed by atoms with Gasteiger partial charge in [-0.05, 0) is 37.5 Å². The fourth-order valence-electron chi connectivity index (χ4n) is 2.98. The molecule has 0 fully saturated rings. The molecular formula is C24H30O3. The lowest BCUT2D eigenvalue weighted by Gasteiger charge is -2.15. The first-order chi connectivity index (χ1) is 12.8. The van der Waals surface area contributed by atoms with E-state index < -0.39 is 0 Å². The maximum atomic E-state index is 12.8. The Morgan fingerprint density at radius 1 is 0.667 bits per heavy atom. The Bertz CT molecular complexity index is 630. The molecule has 0 aliphatic heterocycles. The maximum Gasteiger partial charge on any atom is 0.166 e. The Hall–Kier alpha value is -2.55. The minimum Gasteiger partial charge on any atom is -0.294 e. The van der Waals surface area contributed by atoms with E-state index in [2.05, 4.69) is 19.7 Å². The summed E-state index contributed by atoms with van der Waals surface area (Å²) in [5, 5.41) is 0. The molecule has 0 aliphatic rings. The predicted octanol–water partition coefficient (Wildman–Crippen LogP) is 5.87. The molecule has 0 heterocycles. The van der Waals surface area contributed by atoms with E-state index in [0.717, 1.165) is 0 Å². The van der Waals surface area contributed by atoms with Crippen LogP contribution in [0.4, 0.5) is 0 Å². The highest BCUT2D eigenvalue weighted by Crippen LogP contribution is 2.22. The van der Waals surface area contributed by atoms with Crippen molar-refractivity contribution >= 4 is 17.3 Å². The molecule has 27 heavy (non-hydrogen) atoms. The van der Waals surface area contributed by atoms with Crippen LogP contribution in [0.1, 0.15) is 71.1 Å². The van der Waals surface area contributed by atoms with Crippen LogP contribution in [0.5, 0.6) is 0 Å². The zero-order chi connectivity index (χ0) is 20.6. The minimum absolute atomic E-state index is 0.0913. The molecular weight excluding hydrogens is 336 g/mol. The van der Waals surface area contributed by atoms with Crippen molar-refractivity contribution in [2.75, 3.05) is 0 Å². The molecule has 3 unspecified atom stereocenters. The summed E-state index contributed by atoms with van der Waals surface area (Å²) < 4.78 is 0. The predicted molar refractivity (Wildman–Crippen MR) is 111 cm³/mol. The maximum absolute atomic E-state index is 12.8. The zero-order valence-electron chi connectivity index (χ0n) is 16.7. The fraction of sp³-hybridized carbons (Fsp3) is 0.375. The summed E-state index contributed by atoms with van der Waals surface area (Å²) in [7, 11) is 0. The smallest absolute Gasteiger partial charge is 0.166 e. The molecule has 144 valence electrons. The second-order valence-corrected chi connectivity index (χ2v) is 7.17. The van der Waals surface area contributed by atoms with Gasteiger partial charge in [0.25, 0.3) is 0 Å². The molecule has 0 saturated carbocycles. The molecule has 3 heteroatoms. The third kappa shape index (κ3) is 5.99. The first-order valence-electron chi connectivity index (χ1n) is 9.37. The van der Waals surface area contributed by atoms with Gasteiger partial charge in [-0.25, -0.2) is 0 Å². The third-order valence-corrected chi connectivity index (χ3v) is 4.69. The highest BCUT2D eigenvalue weighted by atomic mass is 16.1. The molecule has 3 atom stereocenters. The van der Waals surface area contributed by atoms with Crippen molar-refractivity contribution in [3.8, 4) is 0 Å². The molecule has 3 nitrogen and oxygen atoms in total. The molecule has 1 rings (SSSR count). The van der Waals surface area contributed by atoms with Crippen molar-refractivity contribution in [3.63, 3.8) is 0 Å². The van der Waals surface area contributed by atoms with Crippen molar-refractivity contribution in [1.82, 2.24) is 0 Å². The average Bonchev–Trinajstić information content (AvgIpc) is 2.66. The van der Waals surface area contributed by atoms with Gasteiger partial charge >= 0.3 is 0 Å². The molecule has 0 saturated heterocycles. The molecule has 1 aromatic rings. The Morgan fingerprint density at radius 3 is 1.07 bits per heavy atom. The molecule has 0 aromatic heterocycles. The summed E-state index contributed by atoms with van der Waals surface area (Å²) >= 11 is 0. The molecule has 0 bridgehead atoms. The number of hydrogen-bond acceptors (Lipinski definition) is 3. The van der Waals surface area contributed by atoms with Gasteiger partial charge in [0.2, 0.25) is 0 Å². The summed E-state index contributed by atoms with van der Waals surface area (Å²) in [5.74, 6) is -1.05. The Kier molecular flexibility index (Phi) is 8.80. The second-order valence-electron chi connectivity index (χ2n) is 7.17. The minimum atomic E-state index is -0.257. The van der Waals surface area contributed by atoms with Gasteiger partial charge in [0.05, 0.1) is 0 Å². The normalized spacial score (nSPS) is 13.9. The lowest BCUT2D eigenvalue weighted by atomic mass is 9.87. The Balaban J connectivity index is 3.41. The van der Waals surface area contributed by atoms with E-state index in [1.54, 1.807) is 36.4 Å². The van der Waals surface area contributed by atoms with Crippen LogP contribution in [0.25, 0.3) is 0 Å². The van der Waals surface area contributed by atoms with Crippen molar-refractivity contribution in [2.24, 2.45) is 17.8 Å². The Labute approximate surface area is 162 Å². The molecule has 0 aliphatic carbocycles. The third-order valence-electron chi connectivity index (χ3n) is 4.69. The van der Waals surface area contributed by atoms with Gasteiger partial charge in [-0.2, -0.15) is 0 Å². The van der Waals surface area contributed by atoms with Gasteiger partial charge in [0.15, 0.2) is 17.3 Å². The molecule has 0 amide bonds. The van der Waals surface area contributed by atoms with Crippen LogP contribution < -0.4 is 0 Å². The quantitative estimate of drug-likeness (QED) is 0.343. The van der Waals surface area contributed by atoms with Crippen LogP contribution in [0.3, 0.4) is 0 Å². The zero-order valence-corrected chi connectivity index (χ0v) is 16.7. The largest absolute Gasteiger partial charge is 0.294 e. The standard InChI is InChI=1S/C24H30O3/c1-7-10-16(4)22(25)19-13-20(23(26)17(5)11-8-2)15-21(14-19)24(27)18(6)12-9-3/h7-9,13-18H,1-3,10-12H2,4-6H3. The van der Waals surface area contributed by atoms with Crippen molar-refractivity contribution in [2.45, 2.75) is 40.0 Å². The molecule has 0 radical (unpaired) electrons. The van der Waals surface area contributed by atoms with Crippen LogP contribution in [0, 0.1) is 17.8 Å². The van der Waals surface area contributed by atoms with Crippen LogP contribution in [-0.2, 0) is 0 Å². The van der Waals surface area contributed by atoms with Crippen molar-refractivity contribution in [3.05, 3.63) is 72.9 Å². The van der Waals surface area contributed by atoms with Gasteiger partial charge in [-0.3, -0.25) is 14.4 Å². The lowest BCUT2D eigenvalue weighted by molar-refractivity contribution is 0.0930. The molecule has 1 aromatic carbocycles. The van der Waals surface area contributed by atoms with Gasteiger partial charge in [0.1, 0.15) is 0 Å². The number of rotatable bonds is 12. The summed E-state index contributed by atoms with van der Waals surface area (Å²) in [5.41, 5.74) is 1.19. The number of carbonyl (C=O) groups excluding carboxylic acids is 3. The van der Waals surface area contributed by atoms with Crippen LogP contribution in [-0.4, -0.2) is 17.3 Å². The summed E-state index contributed by atoms with van der Waals surface area (Å²) in [6.45, 7) is 16.5. The van der Waals surface area contributed by atoms with E-state index in [1.165, 1.54) is 0 Å². The molecule has 0 spiro atoms. The summed E-state index contributed by atoms with van der Waals surface area (Å²) in [6.07, 6.45) is 6.71. The lowest BCUT2D eigenvalue weighted by Crippen LogP contribution is -2.18. The van der Waals surface area contributed by atoms with Crippen LogP contribution in [0.2, 0.25) is 0 Å². The highest BCUT2D eigenvalue weighted by Gasteiger charge is 2.23. The van der Waals surface area contributed by atoms with Gasteiger partial charge in [0, 0.05) is 34.4 Å². The van der Waals surface area contributed by atoms with Gasteiger partial charge < -0.3 is 0 Å². The van der Waals surface area contributed by atoms with Gasteiger partial charge in [-0.15, -0.1) is 19.7 Å². The van der Waals surface area contributed by atoms with E-state index in [1.807, 2.05) is 20.8 Å². The number of benzene rings is 1.